The van der Waals surface area contributed by atoms with E-state index in [0.717, 1.165) is 6.07 Å². The third-order valence-corrected chi connectivity index (χ3v) is 8.43. The van der Waals surface area contributed by atoms with E-state index < -0.39 is 71.9 Å². The molecule has 2 aliphatic heterocycles. The van der Waals surface area contributed by atoms with E-state index in [1.165, 1.54) is 17.0 Å². The van der Waals surface area contributed by atoms with Gasteiger partial charge in [0.05, 0.1) is 47.7 Å². The van der Waals surface area contributed by atoms with Crippen molar-refractivity contribution >= 4 is 17.8 Å². The van der Waals surface area contributed by atoms with E-state index in [4.69, 9.17) is 19.2 Å². The van der Waals surface area contributed by atoms with E-state index in [1.807, 2.05) is 0 Å². The van der Waals surface area contributed by atoms with Gasteiger partial charge in [-0.15, -0.1) is 0 Å². The number of carbonyl (C=O) groups excluding carboxylic acids is 2. The lowest BCUT2D eigenvalue weighted by atomic mass is 9.88. The van der Waals surface area contributed by atoms with Crippen LogP contribution in [0.1, 0.15) is 93.4 Å². The average molecular weight is 667 g/mol. The van der Waals surface area contributed by atoms with Crippen LogP contribution in [0, 0.1) is 12.7 Å². The summed E-state index contributed by atoms with van der Waals surface area (Å²) in [4.78, 5) is 38.6. The quantitative estimate of drug-likeness (QED) is 0.301. The molecule has 258 valence electrons. The summed E-state index contributed by atoms with van der Waals surface area (Å²) in [6.45, 7) is 8.92. The van der Waals surface area contributed by atoms with Crippen LogP contribution in [0.3, 0.4) is 0 Å². The number of piperazine rings is 1. The number of nitrogens with zero attached hydrogens (tertiary/aromatic N) is 3. The molecule has 5 rings (SSSR count). The highest BCUT2D eigenvalue weighted by molar-refractivity contribution is 5.87. The Balaban J connectivity index is 1.63. The molecule has 1 aliphatic carbocycles. The predicted molar refractivity (Wildman–Crippen MR) is 163 cm³/mol. The van der Waals surface area contributed by atoms with Crippen molar-refractivity contribution in [3.8, 4) is 0 Å². The summed E-state index contributed by atoms with van der Waals surface area (Å²) in [5.74, 6) is -2.45. The minimum Gasteiger partial charge on any atom is -0.444 e. The number of halogens is 4. The molecule has 11 nitrogen and oxygen atoms in total. The molecule has 2 unspecified atom stereocenters. The number of benzene rings is 1. The molecular formula is C32H42F4N6O5. The Bertz CT molecular complexity index is 1460. The molecule has 0 radical (unpaired) electrons. The van der Waals surface area contributed by atoms with Gasteiger partial charge in [0.25, 0.3) is 6.43 Å². The molecule has 3 N–H and O–H groups in total. The third-order valence-electron chi connectivity index (χ3n) is 8.43. The molecule has 3 atom stereocenters. The highest BCUT2D eigenvalue weighted by atomic mass is 19.3. The van der Waals surface area contributed by atoms with Crippen molar-refractivity contribution in [2.45, 2.75) is 89.3 Å². The number of anilines is 1. The first-order valence-corrected chi connectivity index (χ1v) is 15.8. The first-order chi connectivity index (χ1) is 22.2. The van der Waals surface area contributed by atoms with Crippen LogP contribution in [0.4, 0.5) is 28.2 Å². The fourth-order valence-corrected chi connectivity index (χ4v) is 5.90. The van der Waals surface area contributed by atoms with Gasteiger partial charge in [0.1, 0.15) is 35.7 Å². The Morgan fingerprint density at radius 3 is 2.47 bits per heavy atom. The Kier molecular flexibility index (Phi) is 10.3. The lowest BCUT2D eigenvalue weighted by Crippen LogP contribution is -2.60. The van der Waals surface area contributed by atoms with Crippen LogP contribution in [0.25, 0.3) is 0 Å². The van der Waals surface area contributed by atoms with Gasteiger partial charge in [0, 0.05) is 25.2 Å². The Morgan fingerprint density at radius 2 is 1.85 bits per heavy atom. The summed E-state index contributed by atoms with van der Waals surface area (Å²) in [5, 5.41) is 9.23. The second-order valence-corrected chi connectivity index (χ2v) is 13.2. The molecule has 3 fully saturated rings. The van der Waals surface area contributed by atoms with E-state index in [0.29, 0.717) is 19.4 Å². The number of ether oxygens (including phenoxy) is 3. The largest absolute Gasteiger partial charge is 0.444 e. The number of hydrogen-bond donors (Lipinski definition) is 3. The molecule has 15 heteroatoms. The van der Waals surface area contributed by atoms with Gasteiger partial charge in [0.15, 0.2) is 6.29 Å². The number of aryl methyl sites for hydroxylation is 1. The number of nitrogens with one attached hydrogen (secondary N) is 3. The number of carbonyl (C=O) groups is 2. The summed E-state index contributed by atoms with van der Waals surface area (Å²) in [6.07, 6.45) is -3.79. The molecule has 2 aromatic rings. The Morgan fingerprint density at radius 1 is 1.17 bits per heavy atom. The zero-order valence-electron chi connectivity index (χ0n) is 27.2. The second kappa shape index (κ2) is 13.9. The molecule has 2 saturated heterocycles. The Hall–Kier alpha value is -3.56. The maximum Gasteiger partial charge on any atom is 0.410 e. The third kappa shape index (κ3) is 7.78. The number of alkyl halides is 3. The zero-order chi connectivity index (χ0) is 34.1. The molecule has 0 spiro atoms. The van der Waals surface area contributed by atoms with Gasteiger partial charge in [0.2, 0.25) is 5.91 Å². The summed E-state index contributed by atoms with van der Waals surface area (Å²) in [7, 11) is 0. The second-order valence-electron chi connectivity index (χ2n) is 13.2. The van der Waals surface area contributed by atoms with Crippen molar-refractivity contribution in [1.82, 2.24) is 25.5 Å². The molecule has 0 bridgehead atoms. The smallest absolute Gasteiger partial charge is 0.410 e. The van der Waals surface area contributed by atoms with Gasteiger partial charge in [-0.25, -0.2) is 32.3 Å². The van der Waals surface area contributed by atoms with E-state index >= 15 is 4.39 Å². The molecular weight excluding hydrogens is 624 g/mol. The van der Waals surface area contributed by atoms with Crippen molar-refractivity contribution in [2.24, 2.45) is 0 Å². The summed E-state index contributed by atoms with van der Waals surface area (Å²) in [5.41, 5.74) is -2.20. The topological polar surface area (TPSA) is 127 Å². The van der Waals surface area contributed by atoms with E-state index in [9.17, 15) is 22.8 Å². The minimum absolute atomic E-state index is 0.0275. The number of rotatable bonds is 10. The van der Waals surface area contributed by atoms with Crippen molar-refractivity contribution in [1.29, 1.82) is 0 Å². The summed E-state index contributed by atoms with van der Waals surface area (Å²) >= 11 is 0. The van der Waals surface area contributed by atoms with Crippen LogP contribution in [0.5, 0.6) is 0 Å². The zero-order valence-corrected chi connectivity index (χ0v) is 27.2. The van der Waals surface area contributed by atoms with Gasteiger partial charge in [-0.05, 0) is 47.5 Å². The molecule has 1 aromatic carbocycles. The van der Waals surface area contributed by atoms with Crippen molar-refractivity contribution in [3.63, 3.8) is 0 Å². The van der Waals surface area contributed by atoms with Gasteiger partial charge < -0.3 is 35.1 Å². The molecule has 3 aliphatic rings. The maximum absolute atomic E-state index is 15.2. The highest BCUT2D eigenvalue weighted by Gasteiger charge is 2.49. The van der Waals surface area contributed by atoms with Gasteiger partial charge in [-0.1, -0.05) is 18.2 Å². The van der Waals surface area contributed by atoms with Crippen molar-refractivity contribution in [3.05, 3.63) is 52.2 Å². The van der Waals surface area contributed by atoms with Gasteiger partial charge >= 0.3 is 6.09 Å². The van der Waals surface area contributed by atoms with Crippen LogP contribution in [-0.4, -0.2) is 83.6 Å². The summed E-state index contributed by atoms with van der Waals surface area (Å²) < 4.78 is 73.8. The van der Waals surface area contributed by atoms with Crippen LogP contribution >= 0.6 is 0 Å². The van der Waals surface area contributed by atoms with Crippen molar-refractivity contribution in [2.75, 3.05) is 44.8 Å². The van der Waals surface area contributed by atoms with Crippen LogP contribution in [-0.2, 0) is 19.0 Å². The Labute approximate surface area is 271 Å². The molecule has 1 aromatic heterocycles. The molecule has 47 heavy (non-hydrogen) atoms. The van der Waals surface area contributed by atoms with E-state index in [1.54, 1.807) is 34.6 Å². The SMILES string of the molecule is Cc1nc(N[C@H](C)c2cccc(C(F)F)c2F)c(C2OCCO2)c(C(C(=O)NC2(CF)CC2)C2CNCCN2C(=O)OC(C)(C)C)n1. The summed E-state index contributed by atoms with van der Waals surface area (Å²) in [6, 6.07) is 2.05. The van der Waals surface area contributed by atoms with E-state index in [-0.39, 0.29) is 54.8 Å². The minimum atomic E-state index is -3.01. The van der Waals surface area contributed by atoms with E-state index in [2.05, 4.69) is 20.9 Å². The van der Waals surface area contributed by atoms with Crippen molar-refractivity contribution < 1.29 is 41.4 Å². The first-order valence-electron chi connectivity index (χ1n) is 15.8. The predicted octanol–water partition coefficient (Wildman–Crippen LogP) is 4.99. The maximum atomic E-state index is 15.2. The lowest BCUT2D eigenvalue weighted by molar-refractivity contribution is -0.125. The van der Waals surface area contributed by atoms with Crippen LogP contribution in [0.15, 0.2) is 18.2 Å². The van der Waals surface area contributed by atoms with Gasteiger partial charge in [-0.3, -0.25) is 4.79 Å². The molecule has 3 heterocycles. The standard InChI is InChI=1S/C32H42F4N6O5/c1-17(19-7-6-8-20(24(19)34)26(35)36)38-27-23(29-45-13-14-46-29)25(39-18(2)40-27)22(28(43)41-32(16-33)9-10-32)21-15-37-11-12-42(21)30(44)47-31(3,4)5/h6-8,17,21-22,26,29,37H,9-16H2,1-5H3,(H,41,43)(H,38,39,40)/t17-,21?,22?/m1/s1. The number of aromatic nitrogens is 2. The molecule has 2 amide bonds. The van der Waals surface area contributed by atoms with Crippen LogP contribution < -0.4 is 16.0 Å². The monoisotopic (exact) mass is 666 g/mol. The fraction of sp³-hybridized carbons (Fsp3) is 0.625. The number of amides is 2. The number of hydrogen-bond acceptors (Lipinski definition) is 9. The lowest BCUT2D eigenvalue weighted by Gasteiger charge is -2.41. The fourth-order valence-electron chi connectivity index (χ4n) is 5.90. The normalized spacial score (nSPS) is 21.0. The highest BCUT2D eigenvalue weighted by Crippen LogP contribution is 2.41. The van der Waals surface area contributed by atoms with Gasteiger partial charge in [-0.2, -0.15) is 0 Å². The average Bonchev–Trinajstić information content (AvgIpc) is 3.56. The molecule has 1 saturated carbocycles. The van der Waals surface area contributed by atoms with Crippen LogP contribution in [0.2, 0.25) is 0 Å². The first kappa shape index (κ1) is 34.8.